The minimum absolute atomic E-state index is 0.142. The molecule has 1 unspecified atom stereocenters. The highest BCUT2D eigenvalue weighted by atomic mass is 16.5. The summed E-state index contributed by atoms with van der Waals surface area (Å²) in [5.74, 6) is 1.75. The zero-order chi connectivity index (χ0) is 20.4. The second kappa shape index (κ2) is 7.97. The van der Waals surface area contributed by atoms with E-state index in [-0.39, 0.29) is 6.03 Å². The monoisotopic (exact) mass is 391 g/mol. The van der Waals surface area contributed by atoms with Gasteiger partial charge in [0.15, 0.2) is 0 Å². The van der Waals surface area contributed by atoms with Crippen molar-refractivity contribution in [2.75, 3.05) is 38.2 Å². The van der Waals surface area contributed by atoms with Crippen molar-refractivity contribution in [3.63, 3.8) is 0 Å². The van der Waals surface area contributed by atoms with Crippen LogP contribution in [0.1, 0.15) is 6.42 Å². The van der Waals surface area contributed by atoms with E-state index in [1.165, 1.54) is 0 Å². The molecule has 3 aromatic rings. The predicted octanol–water partition coefficient (Wildman–Crippen LogP) is 3.78. The molecular formula is C22H25N5O2. The fourth-order valence-corrected chi connectivity index (χ4v) is 3.59. The number of hydrogen-bond donors (Lipinski definition) is 2. The number of amides is 2. The highest BCUT2D eigenvalue weighted by Gasteiger charge is 2.27. The Balaban J connectivity index is 1.49. The molecule has 29 heavy (non-hydrogen) atoms. The summed E-state index contributed by atoms with van der Waals surface area (Å²) in [6, 6.07) is 15.2. The number of nitrogen functional groups attached to an aromatic ring is 1. The summed E-state index contributed by atoms with van der Waals surface area (Å²) < 4.78 is 6.08. The predicted molar refractivity (Wildman–Crippen MR) is 115 cm³/mol. The fraction of sp³-hybridized carbons (Fsp3) is 0.273. The molecule has 2 heterocycles. The van der Waals surface area contributed by atoms with Crippen LogP contribution in [-0.4, -0.2) is 54.0 Å². The quantitative estimate of drug-likeness (QED) is 0.662. The number of likely N-dealkylation sites (tertiary alicyclic amines) is 1. The van der Waals surface area contributed by atoms with Gasteiger partial charge in [0.05, 0.1) is 0 Å². The summed E-state index contributed by atoms with van der Waals surface area (Å²) in [5, 5.41) is 4.75. The van der Waals surface area contributed by atoms with Gasteiger partial charge in [-0.1, -0.05) is 24.3 Å². The molecule has 0 saturated carbocycles. The summed E-state index contributed by atoms with van der Waals surface area (Å²) in [5.41, 5.74) is 6.77. The molecule has 2 aromatic carbocycles. The molecule has 1 fully saturated rings. The molecule has 0 radical (unpaired) electrons. The van der Waals surface area contributed by atoms with Gasteiger partial charge in [0.2, 0.25) is 0 Å². The zero-order valence-electron chi connectivity index (χ0n) is 16.6. The summed E-state index contributed by atoms with van der Waals surface area (Å²) in [4.78, 5) is 20.8. The average molecular weight is 391 g/mol. The van der Waals surface area contributed by atoms with E-state index in [0.717, 1.165) is 23.7 Å². The van der Waals surface area contributed by atoms with E-state index in [1.54, 1.807) is 18.3 Å². The van der Waals surface area contributed by atoms with Gasteiger partial charge in [-0.05, 0) is 38.7 Å². The van der Waals surface area contributed by atoms with E-state index in [1.807, 2.05) is 55.4 Å². The maximum Gasteiger partial charge on any atom is 0.323 e. The second-order valence-electron chi connectivity index (χ2n) is 7.46. The van der Waals surface area contributed by atoms with Crippen molar-refractivity contribution in [1.82, 2.24) is 14.8 Å². The van der Waals surface area contributed by atoms with Crippen LogP contribution in [0.5, 0.6) is 11.5 Å². The first kappa shape index (κ1) is 19.0. The molecule has 1 atom stereocenters. The molecule has 7 nitrogen and oxygen atoms in total. The molecule has 0 aliphatic carbocycles. The number of aromatic nitrogens is 1. The van der Waals surface area contributed by atoms with Gasteiger partial charge in [0.25, 0.3) is 0 Å². The van der Waals surface area contributed by atoms with Crippen molar-refractivity contribution in [1.29, 1.82) is 0 Å². The number of rotatable bonds is 4. The van der Waals surface area contributed by atoms with Crippen LogP contribution in [0.4, 0.5) is 16.3 Å². The Hall–Kier alpha value is -3.32. The molecule has 1 aliphatic rings. The van der Waals surface area contributed by atoms with Crippen LogP contribution < -0.4 is 15.8 Å². The third-order valence-corrected chi connectivity index (χ3v) is 5.29. The van der Waals surface area contributed by atoms with Crippen molar-refractivity contribution < 1.29 is 9.53 Å². The highest BCUT2D eigenvalue weighted by molar-refractivity contribution is 5.97. The SMILES string of the molecule is CN(C)C1CCN(C(=O)Nc2cc(Oc3ccc(N)c4ccccc34)ccn2)C1. The van der Waals surface area contributed by atoms with E-state index in [2.05, 4.69) is 15.2 Å². The molecule has 0 bridgehead atoms. The van der Waals surface area contributed by atoms with Crippen LogP contribution in [0.15, 0.2) is 54.7 Å². The zero-order valence-corrected chi connectivity index (χ0v) is 16.6. The number of nitrogens with two attached hydrogens (primary N) is 1. The molecule has 1 aromatic heterocycles. The number of ether oxygens (including phenoxy) is 1. The molecule has 0 spiro atoms. The third-order valence-electron chi connectivity index (χ3n) is 5.29. The first-order valence-electron chi connectivity index (χ1n) is 9.65. The number of pyridine rings is 1. The Morgan fingerprint density at radius 1 is 1.21 bits per heavy atom. The molecule has 2 amide bonds. The van der Waals surface area contributed by atoms with Gasteiger partial charge in [0, 0.05) is 47.9 Å². The van der Waals surface area contributed by atoms with Crippen LogP contribution in [0.2, 0.25) is 0 Å². The van der Waals surface area contributed by atoms with Gasteiger partial charge in [-0.25, -0.2) is 9.78 Å². The molecule has 3 N–H and O–H groups in total. The lowest BCUT2D eigenvalue weighted by molar-refractivity contribution is 0.216. The number of nitrogens with one attached hydrogen (secondary N) is 1. The van der Waals surface area contributed by atoms with Gasteiger partial charge in [-0.2, -0.15) is 0 Å². The van der Waals surface area contributed by atoms with Crippen molar-refractivity contribution in [2.45, 2.75) is 12.5 Å². The topological polar surface area (TPSA) is 83.7 Å². The van der Waals surface area contributed by atoms with Gasteiger partial charge < -0.3 is 20.3 Å². The third kappa shape index (κ3) is 4.09. The number of carbonyl (C=O) groups is 1. The van der Waals surface area contributed by atoms with E-state index in [9.17, 15) is 4.79 Å². The normalized spacial score (nSPS) is 16.4. The highest BCUT2D eigenvalue weighted by Crippen LogP contribution is 2.33. The Morgan fingerprint density at radius 3 is 2.76 bits per heavy atom. The average Bonchev–Trinajstić information content (AvgIpc) is 3.22. The summed E-state index contributed by atoms with van der Waals surface area (Å²) in [6.07, 6.45) is 2.60. The molecule has 7 heteroatoms. The number of likely N-dealkylation sites (N-methyl/N-ethyl adjacent to an activating group) is 1. The molecule has 1 saturated heterocycles. The van der Waals surface area contributed by atoms with Gasteiger partial charge in [0.1, 0.15) is 17.3 Å². The van der Waals surface area contributed by atoms with Crippen LogP contribution in [0, 0.1) is 0 Å². The maximum absolute atomic E-state index is 12.6. The Bertz CT molecular complexity index is 1040. The number of anilines is 2. The fourth-order valence-electron chi connectivity index (χ4n) is 3.59. The first-order valence-corrected chi connectivity index (χ1v) is 9.65. The number of nitrogens with zero attached hydrogens (tertiary/aromatic N) is 3. The number of hydrogen-bond acceptors (Lipinski definition) is 5. The molecule has 4 rings (SSSR count). The molecule has 150 valence electrons. The Labute approximate surface area is 170 Å². The second-order valence-corrected chi connectivity index (χ2v) is 7.46. The first-order chi connectivity index (χ1) is 14.0. The Morgan fingerprint density at radius 2 is 2.00 bits per heavy atom. The summed E-state index contributed by atoms with van der Waals surface area (Å²) in [7, 11) is 4.07. The van der Waals surface area contributed by atoms with Gasteiger partial charge in [-0.15, -0.1) is 0 Å². The number of fused-ring (bicyclic) bond motifs is 1. The minimum Gasteiger partial charge on any atom is -0.457 e. The minimum atomic E-state index is -0.142. The number of carbonyl (C=O) groups excluding carboxylic acids is 1. The van der Waals surface area contributed by atoms with Crippen LogP contribution in [0.3, 0.4) is 0 Å². The van der Waals surface area contributed by atoms with Crippen LogP contribution >= 0.6 is 0 Å². The maximum atomic E-state index is 12.6. The summed E-state index contributed by atoms with van der Waals surface area (Å²) in [6.45, 7) is 1.45. The lowest BCUT2D eigenvalue weighted by Crippen LogP contribution is -2.36. The van der Waals surface area contributed by atoms with E-state index in [0.29, 0.717) is 35.6 Å². The van der Waals surface area contributed by atoms with Gasteiger partial charge in [-0.3, -0.25) is 5.32 Å². The van der Waals surface area contributed by atoms with E-state index < -0.39 is 0 Å². The molecular weight excluding hydrogens is 366 g/mol. The van der Waals surface area contributed by atoms with Crippen molar-refractivity contribution >= 4 is 28.3 Å². The van der Waals surface area contributed by atoms with Crippen molar-refractivity contribution in [3.8, 4) is 11.5 Å². The van der Waals surface area contributed by atoms with Crippen molar-refractivity contribution in [3.05, 3.63) is 54.7 Å². The van der Waals surface area contributed by atoms with Gasteiger partial charge >= 0.3 is 6.03 Å². The lowest BCUT2D eigenvalue weighted by atomic mass is 10.1. The van der Waals surface area contributed by atoms with Crippen molar-refractivity contribution in [2.24, 2.45) is 0 Å². The number of benzene rings is 2. The number of urea groups is 1. The van der Waals surface area contributed by atoms with E-state index >= 15 is 0 Å². The smallest absolute Gasteiger partial charge is 0.323 e. The van der Waals surface area contributed by atoms with E-state index in [4.69, 9.17) is 10.5 Å². The molecule has 1 aliphatic heterocycles. The largest absolute Gasteiger partial charge is 0.457 e. The lowest BCUT2D eigenvalue weighted by Gasteiger charge is -2.20. The van der Waals surface area contributed by atoms with Crippen LogP contribution in [-0.2, 0) is 0 Å². The Kier molecular flexibility index (Phi) is 5.22. The standard InChI is InChI=1S/C22H25N5O2/c1-26(2)15-10-12-27(14-15)22(28)25-21-13-16(9-11-24-21)29-20-8-7-19(23)17-5-3-4-6-18(17)20/h3-9,11,13,15H,10,12,14,23H2,1-2H3,(H,24,25,28). The summed E-state index contributed by atoms with van der Waals surface area (Å²) >= 11 is 0. The van der Waals surface area contributed by atoms with Crippen LogP contribution in [0.25, 0.3) is 10.8 Å².